The molecule has 0 amide bonds. The lowest BCUT2D eigenvalue weighted by atomic mass is 9.85. The van der Waals surface area contributed by atoms with Crippen molar-refractivity contribution in [3.8, 4) is 0 Å². The van der Waals surface area contributed by atoms with E-state index in [2.05, 4.69) is 122 Å². The van der Waals surface area contributed by atoms with Crippen LogP contribution < -0.4 is 0 Å². The van der Waals surface area contributed by atoms with Gasteiger partial charge in [-0.3, -0.25) is 0 Å². The highest BCUT2D eigenvalue weighted by atomic mass is 14.2. The highest BCUT2D eigenvalue weighted by Crippen LogP contribution is 2.36. The Kier molecular flexibility index (Phi) is 5.49. The summed E-state index contributed by atoms with van der Waals surface area (Å²) in [5.41, 5.74) is 8.81. The second-order valence-electron chi connectivity index (χ2n) is 6.90. The van der Waals surface area contributed by atoms with Crippen LogP contribution in [0.5, 0.6) is 0 Å². The van der Waals surface area contributed by atoms with Crippen molar-refractivity contribution in [2.24, 2.45) is 0 Å². The Balaban J connectivity index is 2.05. The maximum Gasteiger partial charge on any atom is -0.00268 e. The van der Waals surface area contributed by atoms with Gasteiger partial charge in [-0.05, 0) is 45.4 Å². The summed E-state index contributed by atoms with van der Waals surface area (Å²) in [6.07, 6.45) is 1.05. The van der Waals surface area contributed by atoms with E-state index in [1.807, 2.05) is 0 Å². The number of rotatable bonds is 5. The van der Waals surface area contributed by atoms with Gasteiger partial charge >= 0.3 is 0 Å². The lowest BCUT2D eigenvalue weighted by Gasteiger charge is -2.18. The van der Waals surface area contributed by atoms with Gasteiger partial charge in [0.2, 0.25) is 0 Å². The molecule has 0 N–H and O–H groups in total. The molecule has 0 aliphatic carbocycles. The number of hydrogen-bond acceptors (Lipinski definition) is 0. The molecule has 0 nitrogen and oxygen atoms in total. The Morgan fingerprint density at radius 1 is 0.429 bits per heavy atom. The summed E-state index contributed by atoms with van der Waals surface area (Å²) in [6, 6.07) is 41.1. The van der Waals surface area contributed by atoms with Crippen LogP contribution in [0.4, 0.5) is 0 Å². The van der Waals surface area contributed by atoms with Crippen molar-refractivity contribution >= 4 is 11.1 Å². The van der Waals surface area contributed by atoms with Crippen molar-refractivity contribution < 1.29 is 0 Å². The Hall–Kier alpha value is -3.38. The Morgan fingerprint density at radius 2 is 0.750 bits per heavy atom. The summed E-state index contributed by atoms with van der Waals surface area (Å²) in [5, 5.41) is 0. The van der Waals surface area contributed by atoms with Gasteiger partial charge in [0.05, 0.1) is 0 Å². The average molecular weight is 361 g/mol. The van der Waals surface area contributed by atoms with Crippen molar-refractivity contribution in [3.05, 3.63) is 143 Å². The van der Waals surface area contributed by atoms with E-state index in [-0.39, 0.29) is 0 Å². The minimum atomic E-state index is 1.05. The quantitative estimate of drug-likeness (QED) is 0.329. The summed E-state index contributed by atoms with van der Waals surface area (Å²) in [5.74, 6) is 0. The van der Waals surface area contributed by atoms with E-state index >= 15 is 0 Å². The van der Waals surface area contributed by atoms with Crippen molar-refractivity contribution in [1.82, 2.24) is 0 Å². The van der Waals surface area contributed by atoms with Crippen molar-refractivity contribution in [3.63, 3.8) is 0 Å². The maximum absolute atomic E-state index is 2.26. The van der Waals surface area contributed by atoms with Crippen LogP contribution in [0.1, 0.15) is 34.7 Å². The highest BCUT2D eigenvalue weighted by Gasteiger charge is 2.15. The van der Waals surface area contributed by atoms with Crippen LogP contribution in [-0.2, 0) is 6.42 Å². The molecule has 0 atom stereocenters. The molecule has 0 spiro atoms. The Morgan fingerprint density at radius 3 is 1.07 bits per heavy atom. The number of hydrogen-bond donors (Lipinski definition) is 0. The molecular formula is C28H24. The van der Waals surface area contributed by atoms with Gasteiger partial charge in [0.15, 0.2) is 0 Å². The molecule has 0 bridgehead atoms. The third-order valence-electron chi connectivity index (χ3n) is 5.09. The van der Waals surface area contributed by atoms with Crippen LogP contribution in [-0.4, -0.2) is 0 Å². The van der Waals surface area contributed by atoms with Gasteiger partial charge < -0.3 is 0 Å². The lowest BCUT2D eigenvalue weighted by molar-refractivity contribution is 1.14. The molecule has 4 rings (SSSR count). The molecule has 0 aliphatic rings. The normalized spacial score (nSPS) is 10.5. The standard InChI is InChI=1S/C28H24/c1-2-22-18-20-26(21-19-22)28(25-16-10-5-11-17-25)27(23-12-6-3-7-13-23)24-14-8-4-9-15-24/h3-21H,2H2,1H3. The highest BCUT2D eigenvalue weighted by molar-refractivity contribution is 6.04. The molecule has 0 radical (unpaired) electrons. The van der Waals surface area contributed by atoms with Crippen LogP contribution in [0.3, 0.4) is 0 Å². The Bertz CT molecular complexity index is 1000. The SMILES string of the molecule is CCc1ccc(C(=C(c2ccccc2)c2ccccc2)c2ccccc2)cc1. The van der Waals surface area contributed by atoms with Crippen molar-refractivity contribution in [2.75, 3.05) is 0 Å². The molecule has 4 aromatic rings. The molecule has 0 saturated heterocycles. The van der Waals surface area contributed by atoms with Crippen LogP contribution in [0.15, 0.2) is 115 Å². The molecule has 0 saturated carbocycles. The number of aryl methyl sites for hydroxylation is 1. The first-order valence-corrected chi connectivity index (χ1v) is 9.86. The predicted octanol–water partition coefficient (Wildman–Crippen LogP) is 7.26. The van der Waals surface area contributed by atoms with Crippen LogP contribution in [0.2, 0.25) is 0 Å². The fourth-order valence-electron chi connectivity index (χ4n) is 3.63. The van der Waals surface area contributed by atoms with Gasteiger partial charge in [-0.15, -0.1) is 0 Å². The van der Waals surface area contributed by atoms with E-state index in [9.17, 15) is 0 Å². The first-order valence-electron chi connectivity index (χ1n) is 9.86. The summed E-state index contributed by atoms with van der Waals surface area (Å²) in [4.78, 5) is 0. The third kappa shape index (κ3) is 3.82. The molecule has 0 aromatic heterocycles. The fraction of sp³-hybridized carbons (Fsp3) is 0.0714. The van der Waals surface area contributed by atoms with Crippen LogP contribution in [0, 0.1) is 0 Å². The largest absolute Gasteiger partial charge is 0.0622 e. The lowest BCUT2D eigenvalue weighted by Crippen LogP contribution is -1.97. The van der Waals surface area contributed by atoms with E-state index in [4.69, 9.17) is 0 Å². The van der Waals surface area contributed by atoms with Crippen molar-refractivity contribution in [1.29, 1.82) is 0 Å². The summed E-state index contributed by atoms with van der Waals surface area (Å²) in [7, 11) is 0. The summed E-state index contributed by atoms with van der Waals surface area (Å²) >= 11 is 0. The molecule has 0 aliphatic heterocycles. The van der Waals surface area contributed by atoms with Crippen molar-refractivity contribution in [2.45, 2.75) is 13.3 Å². The summed E-state index contributed by atoms with van der Waals surface area (Å²) in [6.45, 7) is 2.20. The number of benzene rings is 4. The van der Waals surface area contributed by atoms with Crippen LogP contribution in [0.25, 0.3) is 11.1 Å². The molecule has 28 heavy (non-hydrogen) atoms. The van der Waals surface area contributed by atoms with Gasteiger partial charge in [0.1, 0.15) is 0 Å². The Labute approximate surface area is 167 Å². The zero-order chi connectivity index (χ0) is 19.2. The molecule has 4 aromatic carbocycles. The minimum absolute atomic E-state index is 1.05. The van der Waals surface area contributed by atoms with E-state index in [0.29, 0.717) is 0 Å². The monoisotopic (exact) mass is 360 g/mol. The second-order valence-corrected chi connectivity index (χ2v) is 6.90. The zero-order valence-corrected chi connectivity index (χ0v) is 16.2. The van der Waals surface area contributed by atoms with Gasteiger partial charge in [-0.25, -0.2) is 0 Å². The van der Waals surface area contributed by atoms with E-state index in [1.165, 1.54) is 39.0 Å². The van der Waals surface area contributed by atoms with Gasteiger partial charge in [0.25, 0.3) is 0 Å². The van der Waals surface area contributed by atoms with E-state index in [0.717, 1.165) is 6.42 Å². The molecule has 0 heteroatoms. The van der Waals surface area contributed by atoms with Gasteiger partial charge in [-0.1, -0.05) is 122 Å². The van der Waals surface area contributed by atoms with E-state index in [1.54, 1.807) is 0 Å². The third-order valence-corrected chi connectivity index (χ3v) is 5.09. The van der Waals surface area contributed by atoms with Crippen LogP contribution >= 0.6 is 0 Å². The zero-order valence-electron chi connectivity index (χ0n) is 16.2. The van der Waals surface area contributed by atoms with Gasteiger partial charge in [0, 0.05) is 0 Å². The van der Waals surface area contributed by atoms with E-state index < -0.39 is 0 Å². The first-order chi connectivity index (χ1) is 13.9. The van der Waals surface area contributed by atoms with Gasteiger partial charge in [-0.2, -0.15) is 0 Å². The summed E-state index contributed by atoms with van der Waals surface area (Å²) < 4.78 is 0. The first kappa shape index (κ1) is 18.0. The topological polar surface area (TPSA) is 0 Å². The predicted molar refractivity (Wildman–Crippen MR) is 120 cm³/mol. The molecule has 0 unspecified atom stereocenters. The maximum atomic E-state index is 2.26. The molecule has 0 fully saturated rings. The molecule has 136 valence electrons. The fourth-order valence-corrected chi connectivity index (χ4v) is 3.63. The molecular weight excluding hydrogens is 336 g/mol. The second kappa shape index (κ2) is 8.54. The minimum Gasteiger partial charge on any atom is -0.0622 e. The smallest absolute Gasteiger partial charge is 0.00268 e. The molecule has 0 heterocycles. The average Bonchev–Trinajstić information content (AvgIpc) is 2.79.